The molecule has 4 nitrogen and oxygen atoms in total. The minimum Gasteiger partial charge on any atom is -0.399 e. The number of anilines is 1. The summed E-state index contributed by atoms with van der Waals surface area (Å²) in [5.41, 5.74) is 7.78. The Hall–Kier alpha value is -2.69. The number of nitrogen functional groups attached to an aromatic ring is 1. The Morgan fingerprint density at radius 1 is 0.895 bits per heavy atom. The normalized spacial score (nSPS) is 10.6. The van der Waals surface area contributed by atoms with Crippen molar-refractivity contribution in [2.45, 2.75) is 0 Å². The van der Waals surface area contributed by atoms with Crippen molar-refractivity contribution < 1.29 is 8.91 Å². The summed E-state index contributed by atoms with van der Waals surface area (Å²) in [5.74, 6) is 0.521. The molecule has 0 aliphatic rings. The van der Waals surface area contributed by atoms with Crippen molar-refractivity contribution in [2.75, 3.05) is 5.73 Å². The zero-order chi connectivity index (χ0) is 13.2. The van der Waals surface area contributed by atoms with Crippen LogP contribution in [-0.4, -0.2) is 10.1 Å². The number of nitrogens with zero attached hydrogens (tertiary/aromatic N) is 2. The van der Waals surface area contributed by atoms with E-state index in [9.17, 15) is 4.39 Å². The van der Waals surface area contributed by atoms with Crippen LogP contribution in [0, 0.1) is 5.82 Å². The second kappa shape index (κ2) is 4.53. The number of rotatable bonds is 2. The molecule has 0 amide bonds. The molecule has 1 heterocycles. The third-order valence-electron chi connectivity index (χ3n) is 2.69. The predicted octanol–water partition coefficient (Wildman–Crippen LogP) is 3.12. The summed E-state index contributed by atoms with van der Waals surface area (Å²) in [6, 6.07) is 13.0. The summed E-state index contributed by atoms with van der Waals surface area (Å²) in [6.07, 6.45) is 0. The van der Waals surface area contributed by atoms with E-state index in [0.29, 0.717) is 23.0 Å². The van der Waals surface area contributed by atoms with Gasteiger partial charge in [-0.1, -0.05) is 5.16 Å². The van der Waals surface area contributed by atoms with E-state index < -0.39 is 0 Å². The Balaban J connectivity index is 1.95. The summed E-state index contributed by atoms with van der Waals surface area (Å²) in [6.45, 7) is 0. The Kier molecular flexibility index (Phi) is 2.72. The lowest BCUT2D eigenvalue weighted by molar-refractivity contribution is 0.432. The number of halogens is 1. The standard InChI is InChI=1S/C14H10FN3O/c15-11-5-1-10(2-6-11)14-17-13(18-19-14)9-3-7-12(16)8-4-9/h1-8H,16H2. The summed E-state index contributed by atoms with van der Waals surface area (Å²) >= 11 is 0. The van der Waals surface area contributed by atoms with Crippen LogP contribution in [0.1, 0.15) is 0 Å². The van der Waals surface area contributed by atoms with E-state index in [2.05, 4.69) is 10.1 Å². The molecule has 5 heteroatoms. The van der Waals surface area contributed by atoms with Gasteiger partial charge in [-0.15, -0.1) is 0 Å². The molecule has 0 saturated heterocycles. The molecule has 3 aromatic rings. The molecule has 19 heavy (non-hydrogen) atoms. The second-order valence-corrected chi connectivity index (χ2v) is 4.05. The van der Waals surface area contributed by atoms with Crippen LogP contribution in [0.15, 0.2) is 53.1 Å². The van der Waals surface area contributed by atoms with Gasteiger partial charge in [-0.2, -0.15) is 4.98 Å². The third-order valence-corrected chi connectivity index (χ3v) is 2.69. The lowest BCUT2D eigenvalue weighted by Gasteiger charge is -1.95. The van der Waals surface area contributed by atoms with E-state index in [1.165, 1.54) is 12.1 Å². The zero-order valence-electron chi connectivity index (χ0n) is 9.88. The molecule has 1 aromatic heterocycles. The molecule has 0 fully saturated rings. The Labute approximate surface area is 108 Å². The molecule has 2 N–H and O–H groups in total. The van der Waals surface area contributed by atoms with Gasteiger partial charge in [-0.25, -0.2) is 4.39 Å². The second-order valence-electron chi connectivity index (χ2n) is 4.05. The molecule has 0 aliphatic carbocycles. The minimum absolute atomic E-state index is 0.304. The molecule has 94 valence electrons. The first-order valence-electron chi connectivity index (χ1n) is 5.68. The molecule has 0 spiro atoms. The van der Waals surface area contributed by atoms with Gasteiger partial charge in [0.15, 0.2) is 0 Å². The molecular formula is C14H10FN3O. The van der Waals surface area contributed by atoms with Crippen LogP contribution in [0.2, 0.25) is 0 Å². The first kappa shape index (κ1) is 11.4. The summed E-state index contributed by atoms with van der Waals surface area (Å²) in [7, 11) is 0. The van der Waals surface area contributed by atoms with Gasteiger partial charge in [0, 0.05) is 16.8 Å². The number of aromatic nitrogens is 2. The van der Waals surface area contributed by atoms with Crippen molar-refractivity contribution >= 4 is 5.69 Å². The van der Waals surface area contributed by atoms with Gasteiger partial charge in [0.05, 0.1) is 0 Å². The maximum atomic E-state index is 12.8. The van der Waals surface area contributed by atoms with Crippen LogP contribution >= 0.6 is 0 Å². The minimum atomic E-state index is -0.304. The third kappa shape index (κ3) is 2.30. The van der Waals surface area contributed by atoms with Crippen molar-refractivity contribution in [1.82, 2.24) is 10.1 Å². The molecule has 0 unspecified atom stereocenters. The maximum absolute atomic E-state index is 12.8. The average Bonchev–Trinajstić information content (AvgIpc) is 2.90. The van der Waals surface area contributed by atoms with Gasteiger partial charge in [0.2, 0.25) is 5.82 Å². The van der Waals surface area contributed by atoms with Gasteiger partial charge < -0.3 is 10.3 Å². The molecule has 0 saturated carbocycles. The summed E-state index contributed by atoms with van der Waals surface area (Å²) < 4.78 is 18.0. The first-order valence-corrected chi connectivity index (χ1v) is 5.68. The number of hydrogen-bond acceptors (Lipinski definition) is 4. The van der Waals surface area contributed by atoms with E-state index in [1.54, 1.807) is 24.3 Å². The van der Waals surface area contributed by atoms with Crippen LogP contribution in [0.5, 0.6) is 0 Å². The molecular weight excluding hydrogens is 245 g/mol. The number of nitrogens with two attached hydrogens (primary N) is 1. The van der Waals surface area contributed by atoms with Crippen LogP contribution < -0.4 is 5.73 Å². The Bertz CT molecular complexity index is 629. The molecule has 0 aliphatic heterocycles. The van der Waals surface area contributed by atoms with Gasteiger partial charge in [0.1, 0.15) is 5.82 Å². The average molecular weight is 255 g/mol. The molecule has 0 bridgehead atoms. The first-order chi connectivity index (χ1) is 9.22. The van der Waals surface area contributed by atoms with Gasteiger partial charge in [0.25, 0.3) is 5.89 Å². The van der Waals surface area contributed by atoms with E-state index in [-0.39, 0.29) is 5.82 Å². The highest BCUT2D eigenvalue weighted by atomic mass is 19.1. The van der Waals surface area contributed by atoms with Crippen LogP contribution in [0.25, 0.3) is 22.8 Å². The van der Waals surface area contributed by atoms with E-state index >= 15 is 0 Å². The van der Waals surface area contributed by atoms with Gasteiger partial charge in [-0.05, 0) is 48.5 Å². The summed E-state index contributed by atoms with van der Waals surface area (Å²) in [5, 5.41) is 3.89. The Morgan fingerprint density at radius 3 is 2.21 bits per heavy atom. The monoisotopic (exact) mass is 255 g/mol. The highest BCUT2D eigenvalue weighted by molar-refractivity contribution is 5.61. The number of hydrogen-bond donors (Lipinski definition) is 1. The lowest BCUT2D eigenvalue weighted by Crippen LogP contribution is -1.85. The van der Waals surface area contributed by atoms with Crippen LogP contribution in [-0.2, 0) is 0 Å². The van der Waals surface area contributed by atoms with Crippen molar-refractivity contribution in [1.29, 1.82) is 0 Å². The largest absolute Gasteiger partial charge is 0.399 e. The van der Waals surface area contributed by atoms with Crippen LogP contribution in [0.4, 0.5) is 10.1 Å². The molecule has 0 radical (unpaired) electrons. The number of benzene rings is 2. The zero-order valence-corrected chi connectivity index (χ0v) is 9.88. The Morgan fingerprint density at radius 2 is 1.53 bits per heavy atom. The van der Waals surface area contributed by atoms with Crippen molar-refractivity contribution in [2.24, 2.45) is 0 Å². The van der Waals surface area contributed by atoms with Crippen molar-refractivity contribution in [3.05, 3.63) is 54.3 Å². The fraction of sp³-hybridized carbons (Fsp3) is 0. The van der Waals surface area contributed by atoms with E-state index in [0.717, 1.165) is 5.56 Å². The van der Waals surface area contributed by atoms with Crippen LogP contribution in [0.3, 0.4) is 0 Å². The highest BCUT2D eigenvalue weighted by Gasteiger charge is 2.10. The van der Waals surface area contributed by atoms with Gasteiger partial charge >= 0.3 is 0 Å². The lowest BCUT2D eigenvalue weighted by atomic mass is 10.2. The van der Waals surface area contributed by atoms with E-state index in [1.807, 2.05) is 12.1 Å². The van der Waals surface area contributed by atoms with E-state index in [4.69, 9.17) is 10.3 Å². The molecule has 2 aromatic carbocycles. The van der Waals surface area contributed by atoms with Gasteiger partial charge in [-0.3, -0.25) is 0 Å². The topological polar surface area (TPSA) is 64.9 Å². The molecule has 0 atom stereocenters. The fourth-order valence-corrected chi connectivity index (χ4v) is 1.68. The quantitative estimate of drug-likeness (QED) is 0.714. The predicted molar refractivity (Wildman–Crippen MR) is 69.5 cm³/mol. The smallest absolute Gasteiger partial charge is 0.258 e. The highest BCUT2D eigenvalue weighted by Crippen LogP contribution is 2.22. The molecule has 3 rings (SSSR count). The van der Waals surface area contributed by atoms with Crippen molar-refractivity contribution in [3.63, 3.8) is 0 Å². The maximum Gasteiger partial charge on any atom is 0.258 e. The fourth-order valence-electron chi connectivity index (χ4n) is 1.68. The SMILES string of the molecule is Nc1ccc(-c2noc(-c3ccc(F)cc3)n2)cc1. The summed E-state index contributed by atoms with van der Waals surface area (Å²) in [4.78, 5) is 4.27. The van der Waals surface area contributed by atoms with Crippen molar-refractivity contribution in [3.8, 4) is 22.8 Å².